The van der Waals surface area contributed by atoms with Crippen LogP contribution in [0.1, 0.15) is 51.5 Å². The smallest absolute Gasteiger partial charge is 0.233 e. The van der Waals surface area contributed by atoms with E-state index in [1.165, 1.54) is 11.0 Å². The molecule has 1 saturated heterocycles. The number of benzene rings is 2. The number of aliphatic hydroxyl groups is 2. The highest BCUT2D eigenvalue weighted by Crippen LogP contribution is 2.46. The summed E-state index contributed by atoms with van der Waals surface area (Å²) in [6.07, 6.45) is 3.67. The van der Waals surface area contributed by atoms with Crippen LogP contribution in [0.25, 0.3) is 6.08 Å². The quantitative estimate of drug-likeness (QED) is 0.235. The van der Waals surface area contributed by atoms with Crippen molar-refractivity contribution in [3.8, 4) is 11.5 Å². The SMILES string of the molecule is CCCN1C(=O)[C@@H]2[C@@H](CC(COc3ccccc3)=C([C@H](O)CC/C(=C/c3ccc(O)cc3Cl)CC)[C@@H]2CO)C1=O. The van der Waals surface area contributed by atoms with Gasteiger partial charge in [0, 0.05) is 12.5 Å². The average Bonchev–Trinajstić information content (AvgIpc) is 3.19. The summed E-state index contributed by atoms with van der Waals surface area (Å²) >= 11 is 6.30. The lowest BCUT2D eigenvalue weighted by molar-refractivity contribution is -0.140. The minimum Gasteiger partial charge on any atom is -0.508 e. The number of halogens is 1. The Morgan fingerprint density at radius 1 is 1.15 bits per heavy atom. The Balaban J connectivity index is 1.62. The number of phenolic OH excluding ortho intramolecular Hbond substituents is 1. The second-order valence-corrected chi connectivity index (χ2v) is 10.9. The molecule has 0 radical (unpaired) electrons. The number of nitrogens with zero attached hydrogens (tertiary/aromatic N) is 1. The molecule has 0 saturated carbocycles. The summed E-state index contributed by atoms with van der Waals surface area (Å²) in [7, 11) is 0. The maximum Gasteiger partial charge on any atom is 0.233 e. The van der Waals surface area contributed by atoms with Crippen molar-refractivity contribution in [3.05, 3.63) is 75.8 Å². The second-order valence-electron chi connectivity index (χ2n) is 10.5. The fraction of sp³-hybridized carbons (Fsp3) is 0.438. The Morgan fingerprint density at radius 2 is 1.90 bits per heavy atom. The number of hydrogen-bond acceptors (Lipinski definition) is 6. The molecule has 1 aliphatic heterocycles. The van der Waals surface area contributed by atoms with E-state index in [1.54, 1.807) is 12.1 Å². The van der Waals surface area contributed by atoms with Crippen LogP contribution in [0.5, 0.6) is 11.5 Å². The Labute approximate surface area is 240 Å². The molecule has 4 rings (SSSR count). The molecule has 0 bridgehead atoms. The molecule has 1 heterocycles. The van der Waals surface area contributed by atoms with Crippen molar-refractivity contribution in [2.75, 3.05) is 19.8 Å². The van der Waals surface area contributed by atoms with Gasteiger partial charge in [0.2, 0.25) is 11.8 Å². The van der Waals surface area contributed by atoms with E-state index < -0.39 is 23.9 Å². The standard InChI is InChI=1S/C32H38ClNO6/c1-3-14-34-31(38)25-16-22(19-40-24-8-6-5-7-9-24)29(26(18-35)30(25)32(34)39)28(37)13-10-20(4-2)15-21-11-12-23(36)17-27(21)33/h5-9,11-12,15,17,25-26,28,30,35-37H,3-4,10,13-14,16,18-19H2,1-2H3/b20-15+/t25-,26+,28-,30-/m1/s1. The summed E-state index contributed by atoms with van der Waals surface area (Å²) in [6, 6.07) is 14.1. The summed E-state index contributed by atoms with van der Waals surface area (Å²) in [4.78, 5) is 27.9. The van der Waals surface area contributed by atoms with Gasteiger partial charge in [-0.05, 0) is 79.1 Å². The van der Waals surface area contributed by atoms with Crippen LogP contribution in [-0.2, 0) is 9.59 Å². The third-order valence-corrected chi connectivity index (χ3v) is 8.30. The van der Waals surface area contributed by atoms with E-state index in [2.05, 4.69) is 0 Å². The van der Waals surface area contributed by atoms with Crippen LogP contribution in [0.3, 0.4) is 0 Å². The molecular weight excluding hydrogens is 530 g/mol. The Bertz CT molecular complexity index is 1270. The van der Waals surface area contributed by atoms with Crippen LogP contribution >= 0.6 is 11.6 Å². The maximum atomic E-state index is 13.4. The second kappa shape index (κ2) is 13.5. The van der Waals surface area contributed by atoms with Crippen LogP contribution in [0.15, 0.2) is 65.3 Å². The van der Waals surface area contributed by atoms with Gasteiger partial charge in [-0.3, -0.25) is 14.5 Å². The predicted octanol–water partition coefficient (Wildman–Crippen LogP) is 5.38. The molecule has 214 valence electrons. The fourth-order valence-corrected chi connectivity index (χ4v) is 6.20. The first kappa shape index (κ1) is 29.8. The average molecular weight is 568 g/mol. The van der Waals surface area contributed by atoms with Gasteiger partial charge >= 0.3 is 0 Å². The molecule has 7 nitrogen and oxygen atoms in total. The third kappa shape index (κ3) is 6.43. The molecule has 2 aromatic carbocycles. The molecule has 2 aliphatic rings. The minimum absolute atomic E-state index is 0.0934. The lowest BCUT2D eigenvalue weighted by Gasteiger charge is -2.36. The molecular formula is C32H38ClNO6. The van der Waals surface area contributed by atoms with Crippen molar-refractivity contribution in [2.45, 2.75) is 52.1 Å². The number of ether oxygens (including phenoxy) is 1. The number of hydrogen-bond donors (Lipinski definition) is 3. The molecule has 0 spiro atoms. The molecule has 0 aromatic heterocycles. The van der Waals surface area contributed by atoms with Crippen LogP contribution < -0.4 is 4.74 Å². The summed E-state index contributed by atoms with van der Waals surface area (Å²) in [5.74, 6) is -1.63. The molecule has 2 amide bonds. The van der Waals surface area contributed by atoms with E-state index in [0.29, 0.717) is 48.6 Å². The van der Waals surface area contributed by atoms with E-state index in [9.17, 15) is 24.9 Å². The number of aromatic hydroxyl groups is 1. The monoisotopic (exact) mass is 567 g/mol. The number of likely N-dealkylation sites (tertiary alicyclic amines) is 1. The Kier molecular flexibility index (Phi) is 10.1. The van der Waals surface area contributed by atoms with Crippen molar-refractivity contribution < 1.29 is 29.6 Å². The number of imide groups is 1. The van der Waals surface area contributed by atoms with Crippen molar-refractivity contribution in [1.29, 1.82) is 0 Å². The van der Waals surface area contributed by atoms with Gasteiger partial charge in [0.1, 0.15) is 18.1 Å². The first-order valence-electron chi connectivity index (χ1n) is 14.0. The number of aliphatic hydroxyl groups excluding tert-OH is 2. The first-order chi connectivity index (χ1) is 19.3. The molecule has 8 heteroatoms. The van der Waals surface area contributed by atoms with Gasteiger partial charge in [-0.1, -0.05) is 55.3 Å². The Hall–Kier alpha value is -3.13. The molecule has 1 aliphatic carbocycles. The van der Waals surface area contributed by atoms with Gasteiger partial charge < -0.3 is 20.1 Å². The number of amides is 2. The Morgan fingerprint density at radius 3 is 2.55 bits per heavy atom. The highest BCUT2D eigenvalue weighted by molar-refractivity contribution is 6.32. The maximum absolute atomic E-state index is 13.4. The van der Waals surface area contributed by atoms with E-state index in [4.69, 9.17) is 16.3 Å². The molecule has 4 atom stereocenters. The van der Waals surface area contributed by atoms with Gasteiger partial charge in [0.05, 0.1) is 29.6 Å². The zero-order chi connectivity index (χ0) is 28.8. The molecule has 1 fully saturated rings. The van der Waals surface area contributed by atoms with Crippen molar-refractivity contribution in [3.63, 3.8) is 0 Å². The largest absolute Gasteiger partial charge is 0.508 e. The van der Waals surface area contributed by atoms with Crippen LogP contribution in [0.2, 0.25) is 5.02 Å². The van der Waals surface area contributed by atoms with Crippen molar-refractivity contribution >= 4 is 29.5 Å². The number of phenols is 1. The normalized spacial score (nSPS) is 22.1. The number of allylic oxidation sites excluding steroid dienone is 1. The topological polar surface area (TPSA) is 107 Å². The van der Waals surface area contributed by atoms with E-state index in [1.807, 2.05) is 50.3 Å². The van der Waals surface area contributed by atoms with Gasteiger partial charge in [0.25, 0.3) is 0 Å². The third-order valence-electron chi connectivity index (χ3n) is 7.97. The lowest BCUT2D eigenvalue weighted by atomic mass is 9.68. The predicted molar refractivity (Wildman–Crippen MR) is 155 cm³/mol. The highest BCUT2D eigenvalue weighted by atomic mass is 35.5. The summed E-state index contributed by atoms with van der Waals surface area (Å²) in [5.41, 5.74) is 3.21. The zero-order valence-electron chi connectivity index (χ0n) is 23.1. The number of para-hydroxylation sites is 1. The molecule has 0 unspecified atom stereocenters. The lowest BCUT2D eigenvalue weighted by Crippen LogP contribution is -2.40. The molecule has 40 heavy (non-hydrogen) atoms. The fourth-order valence-electron chi connectivity index (χ4n) is 5.97. The van der Waals surface area contributed by atoms with Crippen LogP contribution in [0, 0.1) is 17.8 Å². The first-order valence-corrected chi connectivity index (χ1v) is 14.4. The van der Waals surface area contributed by atoms with Gasteiger partial charge in [-0.25, -0.2) is 0 Å². The number of carbonyl (C=O) groups excluding carboxylic acids is 2. The number of fused-ring (bicyclic) bond motifs is 1. The highest BCUT2D eigenvalue weighted by Gasteiger charge is 2.54. The van der Waals surface area contributed by atoms with Crippen molar-refractivity contribution in [2.24, 2.45) is 17.8 Å². The summed E-state index contributed by atoms with van der Waals surface area (Å²) in [6.45, 7) is 4.10. The van der Waals surface area contributed by atoms with Crippen molar-refractivity contribution in [1.82, 2.24) is 4.90 Å². The van der Waals surface area contributed by atoms with E-state index >= 15 is 0 Å². The van der Waals surface area contributed by atoms with Crippen LogP contribution in [-0.4, -0.2) is 57.9 Å². The summed E-state index contributed by atoms with van der Waals surface area (Å²) in [5, 5.41) is 32.2. The number of carbonyl (C=O) groups is 2. The van der Waals surface area contributed by atoms with Gasteiger partial charge in [-0.15, -0.1) is 0 Å². The number of rotatable bonds is 12. The van der Waals surface area contributed by atoms with E-state index in [0.717, 1.165) is 23.1 Å². The van der Waals surface area contributed by atoms with Gasteiger partial charge in [-0.2, -0.15) is 0 Å². The molecule has 3 N–H and O–H groups in total. The van der Waals surface area contributed by atoms with Gasteiger partial charge in [0.15, 0.2) is 0 Å². The molecule has 2 aromatic rings. The summed E-state index contributed by atoms with van der Waals surface area (Å²) < 4.78 is 6.05. The minimum atomic E-state index is -0.930. The van der Waals surface area contributed by atoms with E-state index in [-0.39, 0.29) is 30.8 Å². The zero-order valence-corrected chi connectivity index (χ0v) is 23.8. The van der Waals surface area contributed by atoms with Crippen LogP contribution in [0.4, 0.5) is 0 Å².